The highest BCUT2D eigenvalue weighted by Gasteiger charge is 2.64. The quantitative estimate of drug-likeness (QED) is 0.924. The molecule has 2 aliphatic carbocycles. The predicted octanol–water partition coefficient (Wildman–Crippen LogP) is 2.74. The zero-order chi connectivity index (χ0) is 16.1. The first-order valence-electron chi connectivity index (χ1n) is 9.51. The van der Waals surface area contributed by atoms with Crippen molar-refractivity contribution in [1.82, 2.24) is 10.3 Å². The van der Waals surface area contributed by atoms with Gasteiger partial charge in [0.15, 0.2) is 11.6 Å². The van der Waals surface area contributed by atoms with Crippen LogP contribution in [0.1, 0.15) is 38.5 Å². The van der Waals surface area contributed by atoms with Gasteiger partial charge in [-0.25, -0.2) is 9.37 Å². The van der Waals surface area contributed by atoms with Crippen molar-refractivity contribution < 1.29 is 9.13 Å². The van der Waals surface area contributed by atoms with Crippen molar-refractivity contribution in [2.24, 2.45) is 11.3 Å². The monoisotopic (exact) mass is 331 g/mol. The molecule has 0 amide bonds. The van der Waals surface area contributed by atoms with E-state index in [9.17, 15) is 4.39 Å². The number of nitrogens with zero attached hydrogens (tertiary/aromatic N) is 2. The van der Waals surface area contributed by atoms with Gasteiger partial charge < -0.3 is 15.0 Å². The average molecular weight is 331 g/mol. The van der Waals surface area contributed by atoms with E-state index < -0.39 is 0 Å². The van der Waals surface area contributed by atoms with Crippen LogP contribution in [0.5, 0.6) is 0 Å². The molecule has 2 saturated heterocycles. The van der Waals surface area contributed by atoms with Gasteiger partial charge in [0.05, 0.1) is 6.10 Å². The molecule has 0 bridgehead atoms. The van der Waals surface area contributed by atoms with Gasteiger partial charge in [-0.05, 0) is 37.8 Å². The van der Waals surface area contributed by atoms with Gasteiger partial charge in [-0.15, -0.1) is 0 Å². The lowest BCUT2D eigenvalue weighted by Crippen LogP contribution is -2.69. The molecule has 1 aromatic heterocycles. The Hall–Kier alpha value is -1.20. The largest absolute Gasteiger partial charge is 0.377 e. The highest BCUT2D eigenvalue weighted by atomic mass is 19.1. The van der Waals surface area contributed by atoms with Gasteiger partial charge >= 0.3 is 0 Å². The third kappa shape index (κ3) is 2.14. The minimum Gasteiger partial charge on any atom is -0.377 e. The van der Waals surface area contributed by atoms with Gasteiger partial charge in [0.25, 0.3) is 0 Å². The Kier molecular flexibility index (Phi) is 3.56. The molecule has 4 atom stereocenters. The number of aromatic nitrogens is 1. The normalized spacial score (nSPS) is 37.0. The molecule has 2 saturated carbocycles. The van der Waals surface area contributed by atoms with Gasteiger partial charge in [-0.3, -0.25) is 0 Å². The molecule has 1 spiro atoms. The molecule has 130 valence electrons. The zero-order valence-corrected chi connectivity index (χ0v) is 14.1. The Bertz CT molecular complexity index is 618. The van der Waals surface area contributed by atoms with Crippen LogP contribution in [-0.2, 0) is 4.74 Å². The minimum absolute atomic E-state index is 0.210. The Balaban J connectivity index is 1.28. The first kappa shape index (κ1) is 15.1. The lowest BCUT2D eigenvalue weighted by Gasteiger charge is -2.57. The number of ether oxygens (including phenoxy) is 1. The standard InChI is InChI=1S/C19H26FN3O/c20-15-4-3-9-21-18(15)23-10-5-13(12-23)22-16-14-6-11-24-17(14)19(16)7-1-2-8-19/h3-4,9,13-14,16-17,22H,1-2,5-8,10-12H2/t13-,14-,16+,17+/m0/s1. The van der Waals surface area contributed by atoms with E-state index in [1.165, 1.54) is 38.2 Å². The molecule has 5 heteroatoms. The second-order valence-electron chi connectivity index (χ2n) is 8.07. The number of halogens is 1. The first-order chi connectivity index (χ1) is 11.8. The molecule has 24 heavy (non-hydrogen) atoms. The van der Waals surface area contributed by atoms with Crippen molar-refractivity contribution in [1.29, 1.82) is 0 Å². The molecule has 0 aromatic carbocycles. The summed E-state index contributed by atoms with van der Waals surface area (Å²) in [4.78, 5) is 6.33. The van der Waals surface area contributed by atoms with Crippen LogP contribution in [0.25, 0.3) is 0 Å². The average Bonchev–Trinajstić information content (AvgIpc) is 3.32. The van der Waals surface area contributed by atoms with Gasteiger partial charge in [0.1, 0.15) is 0 Å². The van der Waals surface area contributed by atoms with E-state index in [4.69, 9.17) is 4.74 Å². The van der Waals surface area contributed by atoms with Gasteiger partial charge in [0, 0.05) is 49.3 Å². The van der Waals surface area contributed by atoms with Crippen LogP contribution in [0.15, 0.2) is 18.3 Å². The number of pyridine rings is 1. The Morgan fingerprint density at radius 3 is 3.00 bits per heavy atom. The van der Waals surface area contributed by atoms with E-state index in [-0.39, 0.29) is 5.82 Å². The van der Waals surface area contributed by atoms with Crippen LogP contribution in [-0.4, -0.2) is 42.9 Å². The maximum atomic E-state index is 14.0. The molecule has 3 heterocycles. The van der Waals surface area contributed by atoms with Crippen LogP contribution >= 0.6 is 0 Å². The minimum atomic E-state index is -0.210. The maximum absolute atomic E-state index is 14.0. The molecule has 4 nitrogen and oxygen atoms in total. The maximum Gasteiger partial charge on any atom is 0.165 e. The van der Waals surface area contributed by atoms with E-state index in [1.807, 2.05) is 0 Å². The Morgan fingerprint density at radius 1 is 1.29 bits per heavy atom. The van der Waals surface area contributed by atoms with Gasteiger partial charge in [0.2, 0.25) is 0 Å². The lowest BCUT2D eigenvalue weighted by molar-refractivity contribution is -0.132. The Morgan fingerprint density at radius 2 is 2.17 bits per heavy atom. The number of anilines is 1. The van der Waals surface area contributed by atoms with Crippen LogP contribution in [0.4, 0.5) is 10.2 Å². The third-order valence-corrected chi connectivity index (χ3v) is 6.93. The van der Waals surface area contributed by atoms with Crippen LogP contribution in [0.2, 0.25) is 0 Å². The number of hydrogen-bond donors (Lipinski definition) is 1. The number of rotatable bonds is 3. The number of hydrogen-bond acceptors (Lipinski definition) is 4. The summed E-state index contributed by atoms with van der Waals surface area (Å²) in [6.45, 7) is 2.68. The summed E-state index contributed by atoms with van der Waals surface area (Å²) in [5.41, 5.74) is 0.394. The molecular formula is C19H26FN3O. The van der Waals surface area contributed by atoms with Crippen molar-refractivity contribution >= 4 is 5.82 Å². The van der Waals surface area contributed by atoms with Crippen LogP contribution in [0.3, 0.4) is 0 Å². The van der Waals surface area contributed by atoms with E-state index in [0.717, 1.165) is 26.1 Å². The highest BCUT2D eigenvalue weighted by molar-refractivity contribution is 5.41. The Labute approximate surface area is 142 Å². The van der Waals surface area contributed by atoms with Crippen LogP contribution < -0.4 is 10.2 Å². The summed E-state index contributed by atoms with van der Waals surface area (Å²) in [6, 6.07) is 4.20. The second kappa shape index (κ2) is 5.67. The van der Waals surface area contributed by atoms with Crippen molar-refractivity contribution in [2.45, 2.75) is 56.7 Å². The van der Waals surface area contributed by atoms with E-state index in [1.54, 1.807) is 12.3 Å². The summed E-state index contributed by atoms with van der Waals surface area (Å²) < 4.78 is 20.1. The fraction of sp³-hybridized carbons (Fsp3) is 0.737. The zero-order valence-electron chi connectivity index (χ0n) is 14.1. The second-order valence-corrected chi connectivity index (χ2v) is 8.07. The number of fused-ring (bicyclic) bond motifs is 2. The van der Waals surface area contributed by atoms with Crippen molar-refractivity contribution in [3.63, 3.8) is 0 Å². The topological polar surface area (TPSA) is 37.4 Å². The molecule has 1 aromatic rings. The summed E-state index contributed by atoms with van der Waals surface area (Å²) in [6.07, 6.45) is 9.79. The van der Waals surface area contributed by atoms with Crippen molar-refractivity contribution in [3.05, 3.63) is 24.1 Å². The summed E-state index contributed by atoms with van der Waals surface area (Å²) in [7, 11) is 0. The summed E-state index contributed by atoms with van der Waals surface area (Å²) >= 11 is 0. The molecular weight excluding hydrogens is 305 g/mol. The third-order valence-electron chi connectivity index (χ3n) is 6.93. The van der Waals surface area contributed by atoms with Gasteiger partial charge in [-0.2, -0.15) is 0 Å². The SMILES string of the molecule is Fc1cccnc1N1CC[C@H](N[C@@H]2[C@@H]3CCO[C@H]3C23CCCC3)C1. The summed E-state index contributed by atoms with van der Waals surface area (Å²) in [5, 5.41) is 3.97. The summed E-state index contributed by atoms with van der Waals surface area (Å²) in [5.74, 6) is 0.995. The van der Waals surface area contributed by atoms with E-state index in [0.29, 0.717) is 35.3 Å². The fourth-order valence-corrected chi connectivity index (χ4v) is 5.90. The smallest absolute Gasteiger partial charge is 0.165 e. The highest BCUT2D eigenvalue weighted by Crippen LogP contribution is 2.60. The van der Waals surface area contributed by atoms with Crippen molar-refractivity contribution in [3.8, 4) is 0 Å². The lowest BCUT2D eigenvalue weighted by atomic mass is 9.54. The van der Waals surface area contributed by atoms with E-state index >= 15 is 0 Å². The molecule has 5 rings (SSSR count). The molecule has 0 unspecified atom stereocenters. The molecule has 2 aliphatic heterocycles. The first-order valence-corrected chi connectivity index (χ1v) is 9.51. The molecule has 0 radical (unpaired) electrons. The molecule has 1 N–H and O–H groups in total. The fourth-order valence-electron chi connectivity index (χ4n) is 5.90. The predicted molar refractivity (Wildman–Crippen MR) is 90.5 cm³/mol. The van der Waals surface area contributed by atoms with E-state index in [2.05, 4.69) is 15.2 Å². The number of nitrogens with one attached hydrogen (secondary N) is 1. The molecule has 4 fully saturated rings. The van der Waals surface area contributed by atoms with Crippen LogP contribution in [0, 0.1) is 17.2 Å². The van der Waals surface area contributed by atoms with Crippen molar-refractivity contribution in [2.75, 3.05) is 24.6 Å². The molecule has 4 aliphatic rings. The van der Waals surface area contributed by atoms with Gasteiger partial charge in [-0.1, -0.05) is 12.8 Å².